The number of aromatic nitrogens is 3. The van der Waals surface area contributed by atoms with E-state index < -0.39 is 35.2 Å². The third-order valence-corrected chi connectivity index (χ3v) is 8.01. The van der Waals surface area contributed by atoms with Crippen molar-refractivity contribution in [2.75, 3.05) is 0 Å². The van der Waals surface area contributed by atoms with Gasteiger partial charge in [-0.15, -0.1) is 52.6 Å². The Morgan fingerprint density at radius 3 is 0.828 bits per heavy atom. The van der Waals surface area contributed by atoms with Crippen LogP contribution in [-0.4, -0.2) is 15.0 Å². The molecule has 6 nitrogen and oxygen atoms in total. The van der Waals surface area contributed by atoms with Gasteiger partial charge in [-0.05, 0) is 0 Å². The number of furan rings is 3. The van der Waals surface area contributed by atoms with Crippen LogP contribution in [0.5, 0.6) is 0 Å². The zero-order valence-electron chi connectivity index (χ0n) is 28.9. The third kappa shape index (κ3) is 9.64. The SMILES string of the molecule is FC(F)(F)c1ccc(-c2[c-]c3ccccc3o2)nc1.FC(F)(F)c1ccc(-c2[c-]c3ccccc3o2)nc1.FC(F)(F)c1ccc(-c2[c-]c3ccccc3o2)nc1.[Ir+3]. The van der Waals surface area contributed by atoms with E-state index in [1.807, 2.05) is 54.6 Å². The predicted molar refractivity (Wildman–Crippen MR) is 190 cm³/mol. The number of fused-ring (bicyclic) bond motifs is 3. The quantitative estimate of drug-likeness (QED) is 0.130. The first-order valence-electron chi connectivity index (χ1n) is 16.5. The minimum Gasteiger partial charge on any atom is -0.518 e. The van der Waals surface area contributed by atoms with Crippen molar-refractivity contribution < 1.29 is 72.9 Å². The fourth-order valence-corrected chi connectivity index (χ4v) is 5.19. The smallest absolute Gasteiger partial charge is 0.518 e. The van der Waals surface area contributed by atoms with Crippen molar-refractivity contribution in [1.29, 1.82) is 0 Å². The number of nitrogens with zero attached hydrogens (tertiary/aromatic N) is 3. The maximum absolute atomic E-state index is 12.4. The second-order valence-corrected chi connectivity index (χ2v) is 11.9. The van der Waals surface area contributed by atoms with Crippen molar-refractivity contribution >= 4 is 32.9 Å². The molecule has 0 radical (unpaired) electrons. The summed E-state index contributed by atoms with van der Waals surface area (Å²) in [7, 11) is 0. The van der Waals surface area contributed by atoms with Gasteiger partial charge in [-0.2, -0.15) is 39.5 Å². The molecule has 0 saturated carbocycles. The molecule has 16 heteroatoms. The van der Waals surface area contributed by atoms with Gasteiger partial charge in [0.2, 0.25) is 0 Å². The van der Waals surface area contributed by atoms with E-state index in [-0.39, 0.29) is 20.1 Å². The standard InChI is InChI=1S/3C14H7F3NO.Ir/c3*15-14(16,17)10-5-6-11(18-8-10)13-7-9-3-1-2-4-12(9)19-13;/h3*1-6,8H;/q3*-1;+3. The molecular weight excluding hydrogens is 958 g/mol. The van der Waals surface area contributed by atoms with Crippen LogP contribution in [0.4, 0.5) is 39.5 Å². The van der Waals surface area contributed by atoms with Gasteiger partial charge in [-0.25, -0.2) is 0 Å². The predicted octanol–water partition coefficient (Wildman–Crippen LogP) is 12.9. The van der Waals surface area contributed by atoms with Gasteiger partial charge in [-0.1, -0.05) is 91.0 Å². The zero-order chi connectivity index (χ0) is 40.4. The van der Waals surface area contributed by atoms with Gasteiger partial charge in [0.05, 0.1) is 34.0 Å². The van der Waals surface area contributed by atoms with Crippen molar-refractivity contribution in [3.05, 3.63) is 163 Å². The van der Waals surface area contributed by atoms with E-state index in [0.29, 0.717) is 51.1 Å². The Labute approximate surface area is 335 Å². The van der Waals surface area contributed by atoms with Crippen molar-refractivity contribution in [2.45, 2.75) is 18.5 Å². The molecule has 0 aliphatic carbocycles. The van der Waals surface area contributed by atoms with Crippen LogP contribution in [0.2, 0.25) is 0 Å². The summed E-state index contributed by atoms with van der Waals surface area (Å²) in [6, 6.07) is 37.3. The Hall–Kier alpha value is -6.25. The van der Waals surface area contributed by atoms with E-state index in [1.165, 1.54) is 18.2 Å². The summed E-state index contributed by atoms with van der Waals surface area (Å²) in [5, 5.41) is 2.29. The molecule has 0 N–H and O–H groups in total. The molecule has 0 aliphatic rings. The summed E-state index contributed by atoms with van der Waals surface area (Å²) in [5.41, 5.74) is 0.488. The van der Waals surface area contributed by atoms with Crippen LogP contribution in [0.25, 0.3) is 67.3 Å². The number of hydrogen-bond acceptors (Lipinski definition) is 6. The number of benzene rings is 3. The first-order chi connectivity index (χ1) is 27.1. The second kappa shape index (κ2) is 16.7. The number of hydrogen-bond donors (Lipinski definition) is 0. The maximum Gasteiger partial charge on any atom is 3.00 e. The van der Waals surface area contributed by atoms with Crippen LogP contribution in [0, 0.1) is 18.2 Å². The number of pyridine rings is 3. The summed E-state index contributed by atoms with van der Waals surface area (Å²) in [6.45, 7) is 0. The summed E-state index contributed by atoms with van der Waals surface area (Å²) >= 11 is 0. The van der Waals surface area contributed by atoms with Crippen molar-refractivity contribution in [1.82, 2.24) is 15.0 Å². The van der Waals surface area contributed by atoms with Crippen LogP contribution in [0.15, 0.2) is 141 Å². The first kappa shape index (κ1) is 41.4. The number of alkyl halides is 9. The molecular formula is C42H21F9IrN3O3. The van der Waals surface area contributed by atoms with E-state index in [1.54, 1.807) is 18.2 Å². The first-order valence-corrected chi connectivity index (χ1v) is 16.5. The van der Waals surface area contributed by atoms with E-state index in [4.69, 9.17) is 13.3 Å². The fraction of sp³-hybridized carbons (Fsp3) is 0.0714. The van der Waals surface area contributed by atoms with E-state index >= 15 is 0 Å². The summed E-state index contributed by atoms with van der Waals surface area (Å²) in [4.78, 5) is 11.3. The van der Waals surface area contributed by atoms with Gasteiger partial charge in [0, 0.05) is 52.4 Å². The molecule has 0 atom stereocenters. The Balaban J connectivity index is 0.000000145. The molecule has 0 amide bonds. The van der Waals surface area contributed by atoms with Crippen LogP contribution < -0.4 is 0 Å². The van der Waals surface area contributed by atoms with Gasteiger partial charge < -0.3 is 28.2 Å². The third-order valence-electron chi connectivity index (χ3n) is 8.01. The Morgan fingerprint density at radius 1 is 0.362 bits per heavy atom. The minimum atomic E-state index is -4.39. The molecule has 0 unspecified atom stereocenters. The van der Waals surface area contributed by atoms with E-state index in [2.05, 4.69) is 33.2 Å². The Kier molecular flexibility index (Phi) is 11.9. The average Bonchev–Trinajstić information content (AvgIpc) is 3.95. The van der Waals surface area contributed by atoms with E-state index in [0.717, 1.165) is 52.9 Å². The van der Waals surface area contributed by atoms with Crippen molar-refractivity contribution in [3.8, 4) is 34.4 Å². The molecule has 6 aromatic heterocycles. The number of rotatable bonds is 3. The average molecular weight is 979 g/mol. The van der Waals surface area contributed by atoms with Crippen LogP contribution in [0.3, 0.4) is 0 Å². The number of halogens is 9. The zero-order valence-corrected chi connectivity index (χ0v) is 31.3. The van der Waals surface area contributed by atoms with E-state index in [9.17, 15) is 39.5 Å². The topological polar surface area (TPSA) is 78.1 Å². The molecule has 0 bridgehead atoms. The van der Waals surface area contributed by atoms with Crippen molar-refractivity contribution in [3.63, 3.8) is 0 Å². The van der Waals surface area contributed by atoms with Gasteiger partial charge >= 0.3 is 38.6 Å². The summed E-state index contributed by atoms with van der Waals surface area (Å²) < 4.78 is 128. The normalized spacial score (nSPS) is 11.7. The van der Waals surface area contributed by atoms with Gasteiger partial charge in [0.15, 0.2) is 0 Å². The minimum absolute atomic E-state index is 0. The molecule has 3 aromatic carbocycles. The van der Waals surface area contributed by atoms with Crippen LogP contribution >= 0.6 is 0 Å². The van der Waals surface area contributed by atoms with Crippen molar-refractivity contribution in [2.24, 2.45) is 0 Å². The second-order valence-electron chi connectivity index (χ2n) is 11.9. The Morgan fingerprint density at radius 2 is 0.621 bits per heavy atom. The molecule has 58 heavy (non-hydrogen) atoms. The van der Waals surface area contributed by atoms with Gasteiger partial charge in [-0.3, -0.25) is 0 Å². The monoisotopic (exact) mass is 979 g/mol. The molecule has 294 valence electrons. The molecule has 6 heterocycles. The van der Waals surface area contributed by atoms with Gasteiger partial charge in [0.1, 0.15) is 0 Å². The fourth-order valence-electron chi connectivity index (χ4n) is 5.19. The molecule has 0 spiro atoms. The Bertz CT molecular complexity index is 2350. The van der Waals surface area contributed by atoms with Crippen LogP contribution in [-0.2, 0) is 38.6 Å². The number of para-hydroxylation sites is 3. The summed E-state index contributed by atoms with van der Waals surface area (Å²) in [5.74, 6) is 0.986. The molecule has 9 rings (SSSR count). The van der Waals surface area contributed by atoms with Gasteiger partial charge in [0.25, 0.3) is 0 Å². The molecule has 0 aliphatic heterocycles. The molecule has 9 aromatic rings. The molecule has 0 saturated heterocycles. The summed E-state index contributed by atoms with van der Waals surface area (Å²) in [6.07, 6.45) is -10.8. The van der Waals surface area contributed by atoms with Crippen LogP contribution in [0.1, 0.15) is 16.7 Å². The largest absolute Gasteiger partial charge is 3.00 e. The maximum atomic E-state index is 12.4. The molecule has 0 fully saturated rings.